The maximum Gasteiger partial charge on any atom is 0.243 e. The van der Waals surface area contributed by atoms with Gasteiger partial charge >= 0.3 is 0 Å². The standard InChI is InChI=1S/C32H39BrN2O2/c1-23(2)34-31(37)29(21-25-9-7-6-8-10-25)35(22-26-13-18-28(33)19-14-26)30(36)20-15-24-11-16-27(17-12-24)32(3,4)5/h6-14,16-19,23,29H,15,20-22H2,1-5H3,(H,34,37). The average molecular weight is 564 g/mol. The van der Waals surface area contributed by atoms with Crippen LogP contribution in [0, 0.1) is 0 Å². The highest BCUT2D eigenvalue weighted by molar-refractivity contribution is 9.10. The highest BCUT2D eigenvalue weighted by Crippen LogP contribution is 2.23. The summed E-state index contributed by atoms with van der Waals surface area (Å²) in [5.41, 5.74) is 4.49. The van der Waals surface area contributed by atoms with Gasteiger partial charge in [-0.2, -0.15) is 0 Å². The first kappa shape index (κ1) is 28.6. The Hall–Kier alpha value is -2.92. The van der Waals surface area contributed by atoms with Crippen molar-refractivity contribution in [1.82, 2.24) is 10.2 Å². The third kappa shape index (κ3) is 8.85. The van der Waals surface area contributed by atoms with Crippen LogP contribution in [0.4, 0.5) is 0 Å². The van der Waals surface area contributed by atoms with Gasteiger partial charge in [-0.15, -0.1) is 0 Å². The second-order valence-corrected chi connectivity index (χ2v) is 11.9. The molecule has 5 heteroatoms. The average Bonchev–Trinajstić information content (AvgIpc) is 2.85. The summed E-state index contributed by atoms with van der Waals surface area (Å²) in [6.07, 6.45) is 1.43. The van der Waals surface area contributed by atoms with Crippen LogP contribution in [0.5, 0.6) is 0 Å². The van der Waals surface area contributed by atoms with Crippen LogP contribution >= 0.6 is 15.9 Å². The molecule has 1 N–H and O–H groups in total. The van der Waals surface area contributed by atoms with Crippen LogP contribution in [-0.2, 0) is 34.4 Å². The predicted octanol–water partition coefficient (Wildman–Crippen LogP) is 6.84. The number of carbonyl (C=O) groups is 2. The summed E-state index contributed by atoms with van der Waals surface area (Å²) in [4.78, 5) is 29.0. The van der Waals surface area contributed by atoms with Gasteiger partial charge in [-0.05, 0) is 60.1 Å². The number of aryl methyl sites for hydroxylation is 1. The molecule has 0 aliphatic rings. The molecule has 3 rings (SSSR count). The predicted molar refractivity (Wildman–Crippen MR) is 155 cm³/mol. The van der Waals surface area contributed by atoms with Gasteiger partial charge in [0.2, 0.25) is 11.8 Å². The molecule has 0 heterocycles. The summed E-state index contributed by atoms with van der Waals surface area (Å²) in [5, 5.41) is 3.05. The number of amides is 2. The van der Waals surface area contributed by atoms with Crippen molar-refractivity contribution < 1.29 is 9.59 Å². The zero-order chi connectivity index (χ0) is 27.0. The third-order valence-electron chi connectivity index (χ3n) is 6.42. The Kier molecular flexibility index (Phi) is 10.1. The van der Waals surface area contributed by atoms with Crippen molar-refractivity contribution in [2.75, 3.05) is 0 Å². The van der Waals surface area contributed by atoms with Crippen molar-refractivity contribution in [3.8, 4) is 0 Å². The van der Waals surface area contributed by atoms with Gasteiger partial charge in [0.25, 0.3) is 0 Å². The van der Waals surface area contributed by atoms with Crippen molar-refractivity contribution in [3.63, 3.8) is 0 Å². The first-order valence-corrected chi connectivity index (χ1v) is 13.8. The fourth-order valence-corrected chi connectivity index (χ4v) is 4.55. The van der Waals surface area contributed by atoms with Gasteiger partial charge in [0.15, 0.2) is 0 Å². The molecule has 0 aliphatic heterocycles. The molecule has 0 aliphatic carbocycles. The molecular formula is C32H39BrN2O2. The molecule has 3 aromatic carbocycles. The van der Waals surface area contributed by atoms with E-state index in [0.29, 0.717) is 25.8 Å². The minimum atomic E-state index is -0.607. The molecular weight excluding hydrogens is 524 g/mol. The van der Waals surface area contributed by atoms with E-state index in [1.165, 1.54) is 5.56 Å². The topological polar surface area (TPSA) is 49.4 Å². The Balaban J connectivity index is 1.87. The van der Waals surface area contributed by atoms with E-state index in [-0.39, 0.29) is 23.3 Å². The van der Waals surface area contributed by atoms with E-state index in [4.69, 9.17) is 0 Å². The van der Waals surface area contributed by atoms with Crippen LogP contribution in [0.25, 0.3) is 0 Å². The third-order valence-corrected chi connectivity index (χ3v) is 6.94. The summed E-state index contributed by atoms with van der Waals surface area (Å²) in [7, 11) is 0. The Labute approximate surface area is 230 Å². The van der Waals surface area contributed by atoms with E-state index in [9.17, 15) is 9.59 Å². The van der Waals surface area contributed by atoms with Crippen LogP contribution in [0.1, 0.15) is 63.3 Å². The molecule has 3 aromatic rings. The molecule has 0 aromatic heterocycles. The van der Waals surface area contributed by atoms with Crippen LogP contribution < -0.4 is 5.32 Å². The molecule has 0 radical (unpaired) electrons. The molecule has 0 saturated heterocycles. The molecule has 0 bridgehead atoms. The number of halogens is 1. The van der Waals surface area contributed by atoms with Gasteiger partial charge in [0.05, 0.1) is 0 Å². The molecule has 2 amide bonds. The van der Waals surface area contributed by atoms with Crippen molar-refractivity contribution >= 4 is 27.7 Å². The van der Waals surface area contributed by atoms with Crippen LogP contribution in [0.3, 0.4) is 0 Å². The summed E-state index contributed by atoms with van der Waals surface area (Å²) in [6.45, 7) is 10.8. The van der Waals surface area contributed by atoms with Gasteiger partial charge in [0, 0.05) is 29.9 Å². The number of nitrogens with zero attached hydrogens (tertiary/aromatic N) is 1. The lowest BCUT2D eigenvalue weighted by atomic mass is 9.86. The molecule has 4 nitrogen and oxygen atoms in total. The molecule has 196 valence electrons. The maximum atomic E-state index is 13.8. The molecule has 37 heavy (non-hydrogen) atoms. The van der Waals surface area contributed by atoms with E-state index >= 15 is 0 Å². The highest BCUT2D eigenvalue weighted by atomic mass is 79.9. The number of rotatable bonds is 10. The number of carbonyl (C=O) groups excluding carboxylic acids is 2. The first-order chi connectivity index (χ1) is 17.5. The maximum absolute atomic E-state index is 13.8. The second-order valence-electron chi connectivity index (χ2n) is 11.0. The molecule has 0 spiro atoms. The van der Waals surface area contributed by atoms with E-state index < -0.39 is 6.04 Å². The second kappa shape index (κ2) is 13.0. The Morgan fingerprint density at radius 2 is 1.43 bits per heavy atom. The molecule has 1 atom stereocenters. The highest BCUT2D eigenvalue weighted by Gasteiger charge is 2.30. The monoisotopic (exact) mass is 562 g/mol. The van der Waals surface area contributed by atoms with E-state index in [1.54, 1.807) is 4.90 Å². The lowest BCUT2D eigenvalue weighted by molar-refractivity contribution is -0.141. The van der Waals surface area contributed by atoms with E-state index in [1.807, 2.05) is 68.4 Å². The smallest absolute Gasteiger partial charge is 0.243 e. The summed E-state index contributed by atoms with van der Waals surface area (Å²) in [6, 6.07) is 25.7. The Bertz CT molecular complexity index is 1150. The number of hydrogen-bond acceptors (Lipinski definition) is 2. The van der Waals surface area contributed by atoms with Gasteiger partial charge in [-0.25, -0.2) is 0 Å². The quantitative estimate of drug-likeness (QED) is 0.294. The lowest BCUT2D eigenvalue weighted by Gasteiger charge is -2.32. The Morgan fingerprint density at radius 3 is 2.00 bits per heavy atom. The van der Waals surface area contributed by atoms with Gasteiger partial charge in [-0.1, -0.05) is 103 Å². The van der Waals surface area contributed by atoms with Gasteiger partial charge in [-0.3, -0.25) is 9.59 Å². The molecule has 0 fully saturated rings. The number of benzene rings is 3. The first-order valence-electron chi connectivity index (χ1n) is 13.0. The van der Waals surface area contributed by atoms with Crippen molar-refractivity contribution in [2.24, 2.45) is 0 Å². The van der Waals surface area contributed by atoms with E-state index in [2.05, 4.69) is 66.3 Å². The van der Waals surface area contributed by atoms with Crippen molar-refractivity contribution in [3.05, 3.63) is 106 Å². The summed E-state index contributed by atoms with van der Waals surface area (Å²) >= 11 is 3.49. The van der Waals surface area contributed by atoms with E-state index in [0.717, 1.165) is 21.2 Å². The van der Waals surface area contributed by atoms with Crippen LogP contribution in [-0.4, -0.2) is 28.8 Å². The largest absolute Gasteiger partial charge is 0.352 e. The summed E-state index contributed by atoms with van der Waals surface area (Å²) < 4.78 is 0.978. The minimum absolute atomic E-state index is 0.0169. The fourth-order valence-electron chi connectivity index (χ4n) is 4.29. The number of nitrogens with one attached hydrogen (secondary N) is 1. The SMILES string of the molecule is CC(C)NC(=O)C(Cc1ccccc1)N(Cc1ccc(Br)cc1)C(=O)CCc1ccc(C(C)(C)C)cc1. The van der Waals surface area contributed by atoms with Crippen LogP contribution in [0.2, 0.25) is 0 Å². The lowest BCUT2D eigenvalue weighted by Crippen LogP contribution is -2.51. The Morgan fingerprint density at radius 1 is 0.838 bits per heavy atom. The van der Waals surface area contributed by atoms with Gasteiger partial charge < -0.3 is 10.2 Å². The fraction of sp³-hybridized carbons (Fsp3) is 0.375. The van der Waals surface area contributed by atoms with Crippen LogP contribution in [0.15, 0.2) is 83.3 Å². The van der Waals surface area contributed by atoms with Crippen molar-refractivity contribution in [1.29, 1.82) is 0 Å². The minimum Gasteiger partial charge on any atom is -0.352 e. The molecule has 0 saturated carbocycles. The summed E-state index contributed by atoms with van der Waals surface area (Å²) in [5.74, 6) is -0.151. The van der Waals surface area contributed by atoms with Gasteiger partial charge in [0.1, 0.15) is 6.04 Å². The molecule has 1 unspecified atom stereocenters. The number of hydrogen-bond donors (Lipinski definition) is 1. The van der Waals surface area contributed by atoms with Crippen molar-refractivity contribution in [2.45, 2.75) is 77.9 Å². The normalized spacial score (nSPS) is 12.3. The zero-order valence-corrected chi connectivity index (χ0v) is 24.2. The zero-order valence-electron chi connectivity index (χ0n) is 22.6.